The van der Waals surface area contributed by atoms with Crippen molar-refractivity contribution in [1.29, 1.82) is 0 Å². The van der Waals surface area contributed by atoms with Crippen molar-refractivity contribution in [2.24, 2.45) is 11.8 Å². The van der Waals surface area contributed by atoms with Gasteiger partial charge in [0.2, 0.25) is 0 Å². The fourth-order valence-corrected chi connectivity index (χ4v) is 10.2. The van der Waals surface area contributed by atoms with Gasteiger partial charge in [-0.15, -0.1) is 0 Å². The molecule has 2 unspecified atom stereocenters. The topological polar surface area (TPSA) is 83.5 Å². The first-order valence-electron chi connectivity index (χ1n) is 11.9. The van der Waals surface area contributed by atoms with E-state index in [4.69, 9.17) is 4.74 Å². The summed E-state index contributed by atoms with van der Waals surface area (Å²) < 4.78 is 98.6. The number of alkyl halides is 4. The van der Waals surface area contributed by atoms with Crippen LogP contribution in [0.15, 0.2) is 60.7 Å². The molecule has 2 bridgehead atoms. The van der Waals surface area contributed by atoms with Crippen molar-refractivity contribution in [2.75, 3.05) is 0 Å². The van der Waals surface area contributed by atoms with Crippen LogP contribution in [0, 0.1) is 22.5 Å². The third-order valence-electron chi connectivity index (χ3n) is 7.55. The molecule has 3 aliphatic carbocycles. The maximum atomic E-state index is 14.7. The predicted molar refractivity (Wildman–Crippen MR) is 163 cm³/mol. The molecule has 5 nitrogen and oxygen atoms in total. The zero-order valence-corrected chi connectivity index (χ0v) is 27.4. The van der Waals surface area contributed by atoms with Crippen molar-refractivity contribution in [3.63, 3.8) is 0 Å². The van der Waals surface area contributed by atoms with Crippen LogP contribution in [-0.2, 0) is 14.9 Å². The second kappa shape index (κ2) is 10.9. The summed E-state index contributed by atoms with van der Waals surface area (Å²) in [6.07, 6.45) is -2.26. The van der Waals surface area contributed by atoms with E-state index in [2.05, 4.69) is 22.6 Å². The summed E-state index contributed by atoms with van der Waals surface area (Å²) in [4.78, 5) is 13.9. The highest BCUT2D eigenvalue weighted by atomic mass is 127. The van der Waals surface area contributed by atoms with Crippen LogP contribution < -0.4 is 4.74 Å². The maximum absolute atomic E-state index is 14.7. The van der Waals surface area contributed by atoms with E-state index in [-0.39, 0.29) is 0 Å². The van der Waals surface area contributed by atoms with Crippen molar-refractivity contribution in [2.45, 2.75) is 35.9 Å². The lowest BCUT2D eigenvalue weighted by molar-refractivity contribution is -0.168. The number of hydrogen-bond donors (Lipinski definition) is 0. The minimum atomic E-state index is -6.63. The van der Waals surface area contributed by atoms with Crippen LogP contribution in [0.2, 0.25) is 0 Å². The third-order valence-corrected chi connectivity index (χ3v) is 10.7. The number of carbonyl (C=O) groups is 1. The summed E-state index contributed by atoms with van der Waals surface area (Å²) >= 11 is 6.19. The molecule has 0 saturated heterocycles. The molecule has 212 valence electrons. The number of ether oxygens (including phenoxy) is 1. The number of halogens is 7. The van der Waals surface area contributed by atoms with Crippen LogP contribution in [0.4, 0.5) is 17.6 Å². The molecule has 0 N–H and O–H groups in total. The van der Waals surface area contributed by atoms with Gasteiger partial charge in [-0.05, 0) is 114 Å². The summed E-state index contributed by atoms with van der Waals surface area (Å²) in [6.45, 7) is 0. The van der Waals surface area contributed by atoms with Crippen LogP contribution in [0.3, 0.4) is 0 Å². The number of hydrogen-bond acceptors (Lipinski definition) is 5. The third kappa shape index (κ3) is 5.08. The molecule has 3 aliphatic rings. The Hall–Kier alpha value is -1.05. The first-order valence-corrected chi connectivity index (χ1v) is 16.5. The number of benzene rings is 3. The standard InChI is InChI=1S/C27H19F4I3O5S/c28-26(29,27(30,31)40(36,37)38)10-9-18-21-14-5-1-3-7-16(14)22(17-8-4-2-6-15(17)21)23(18)25(35)39-24-19(33)11-13(32)12-20(24)34/h1-8,11-12,18,21-23H,9-10H2,(H,36,37,38)/p-1. The lowest BCUT2D eigenvalue weighted by Gasteiger charge is -2.50. The van der Waals surface area contributed by atoms with Crippen LogP contribution >= 0.6 is 67.8 Å². The molecule has 6 rings (SSSR count). The van der Waals surface area contributed by atoms with E-state index in [9.17, 15) is 35.3 Å². The molecule has 0 heterocycles. The highest BCUT2D eigenvalue weighted by molar-refractivity contribution is 14.1. The first-order chi connectivity index (χ1) is 18.7. The molecule has 13 heteroatoms. The van der Waals surface area contributed by atoms with Gasteiger partial charge in [-0.3, -0.25) is 4.79 Å². The number of fused-ring (bicyclic) bond motifs is 1. The summed E-state index contributed by atoms with van der Waals surface area (Å²) in [7, 11) is -6.63. The van der Waals surface area contributed by atoms with E-state index in [1.165, 1.54) is 0 Å². The molecule has 0 spiro atoms. The Morgan fingerprint density at radius 1 is 0.850 bits per heavy atom. The Kier molecular flexibility index (Phi) is 8.29. The van der Waals surface area contributed by atoms with Gasteiger partial charge < -0.3 is 9.29 Å². The monoisotopic (exact) mass is 911 g/mol. The van der Waals surface area contributed by atoms with Gasteiger partial charge in [0.1, 0.15) is 0 Å². The lowest BCUT2D eigenvalue weighted by Crippen LogP contribution is -2.49. The summed E-state index contributed by atoms with van der Waals surface area (Å²) in [5.74, 6) is -8.72. The Bertz CT molecular complexity index is 1540. The SMILES string of the molecule is O=C(Oc1c(I)cc(I)cc1I)C1C2c3ccccc3C(c3ccccc32)C1CCC(F)(F)C(F)(F)S(=O)(=O)[O-]. The molecular weight excluding hydrogens is 893 g/mol. The normalized spacial score (nSPS) is 22.0. The summed E-state index contributed by atoms with van der Waals surface area (Å²) in [5, 5.41) is -5.80. The van der Waals surface area contributed by atoms with Crippen LogP contribution in [-0.4, -0.2) is 30.1 Å². The van der Waals surface area contributed by atoms with Crippen LogP contribution in [0.1, 0.15) is 46.9 Å². The van der Waals surface area contributed by atoms with Gasteiger partial charge in [0.05, 0.1) is 13.1 Å². The van der Waals surface area contributed by atoms with E-state index >= 15 is 0 Å². The fourth-order valence-electron chi connectivity index (χ4n) is 5.92. The van der Waals surface area contributed by atoms with E-state index in [0.29, 0.717) is 12.9 Å². The van der Waals surface area contributed by atoms with Gasteiger partial charge >= 0.3 is 17.1 Å². The van der Waals surface area contributed by atoms with Gasteiger partial charge in [-0.2, -0.15) is 17.6 Å². The van der Waals surface area contributed by atoms with Gasteiger partial charge in [0.25, 0.3) is 0 Å². The van der Waals surface area contributed by atoms with E-state index in [0.717, 1.165) is 25.8 Å². The van der Waals surface area contributed by atoms with Gasteiger partial charge in [0, 0.05) is 21.8 Å². The van der Waals surface area contributed by atoms with Crippen molar-refractivity contribution in [3.05, 3.63) is 93.6 Å². The molecule has 0 aliphatic heterocycles. The smallest absolute Gasteiger partial charge is 0.396 e. The summed E-state index contributed by atoms with van der Waals surface area (Å²) in [6, 6.07) is 18.1. The van der Waals surface area contributed by atoms with E-state index < -0.39 is 63.8 Å². The molecule has 0 saturated carbocycles. The number of carbonyl (C=O) groups excluding carboxylic acids is 1. The zero-order chi connectivity index (χ0) is 29.2. The minimum absolute atomic E-state index is 0.308. The van der Waals surface area contributed by atoms with Crippen molar-refractivity contribution >= 4 is 83.9 Å². The molecule has 3 aromatic rings. The highest BCUT2D eigenvalue weighted by Crippen LogP contribution is 2.60. The molecule has 2 atom stereocenters. The average Bonchev–Trinajstić information content (AvgIpc) is 2.88. The lowest BCUT2D eigenvalue weighted by atomic mass is 9.53. The van der Waals surface area contributed by atoms with Gasteiger partial charge in [0.15, 0.2) is 15.9 Å². The Labute approximate surface area is 268 Å². The van der Waals surface area contributed by atoms with Gasteiger partial charge in [-0.1, -0.05) is 48.5 Å². The number of rotatable bonds is 7. The molecule has 0 fully saturated rings. The van der Waals surface area contributed by atoms with Crippen LogP contribution in [0.25, 0.3) is 0 Å². The van der Waals surface area contributed by atoms with E-state index in [1.54, 1.807) is 24.3 Å². The van der Waals surface area contributed by atoms with Crippen LogP contribution in [0.5, 0.6) is 5.75 Å². The fraction of sp³-hybridized carbons (Fsp3) is 0.296. The number of esters is 1. The first kappa shape index (κ1) is 30.4. The molecule has 0 amide bonds. The second-order valence-corrected chi connectivity index (χ2v) is 14.7. The Balaban J connectivity index is 1.60. The Morgan fingerprint density at radius 3 is 1.75 bits per heavy atom. The van der Waals surface area contributed by atoms with Crippen molar-refractivity contribution in [3.8, 4) is 5.75 Å². The predicted octanol–water partition coefficient (Wildman–Crippen LogP) is 7.48. The quantitative estimate of drug-likeness (QED) is 0.0808. The molecule has 0 aromatic heterocycles. The largest absolute Gasteiger partial charge is 0.743 e. The maximum Gasteiger partial charge on any atom is 0.396 e. The average molecular weight is 911 g/mol. The molecule has 3 aromatic carbocycles. The van der Waals surface area contributed by atoms with E-state index in [1.807, 2.05) is 81.6 Å². The van der Waals surface area contributed by atoms with Gasteiger partial charge in [-0.25, -0.2) is 8.42 Å². The second-order valence-electron chi connectivity index (χ2n) is 9.74. The van der Waals surface area contributed by atoms with Crippen molar-refractivity contribution < 1.29 is 40.1 Å². The molecular formula is C27H18F4I3O5S-. The Morgan fingerprint density at radius 2 is 1.30 bits per heavy atom. The molecule has 0 radical (unpaired) electrons. The minimum Gasteiger partial charge on any atom is -0.743 e. The zero-order valence-electron chi connectivity index (χ0n) is 20.1. The molecule has 40 heavy (non-hydrogen) atoms. The highest BCUT2D eigenvalue weighted by Gasteiger charge is 2.62. The summed E-state index contributed by atoms with van der Waals surface area (Å²) in [5.41, 5.74) is 3.20. The van der Waals surface area contributed by atoms with Crippen molar-refractivity contribution in [1.82, 2.24) is 0 Å².